The number of urea groups is 1. The van der Waals surface area contributed by atoms with E-state index in [0.717, 1.165) is 29.0 Å². The lowest BCUT2D eigenvalue weighted by Crippen LogP contribution is -2.45. The summed E-state index contributed by atoms with van der Waals surface area (Å²) in [6.45, 7) is 9.97. The van der Waals surface area contributed by atoms with Crippen molar-refractivity contribution in [3.63, 3.8) is 0 Å². The van der Waals surface area contributed by atoms with Crippen molar-refractivity contribution in [3.8, 4) is 16.3 Å². The number of amides is 3. The first-order valence-electron chi connectivity index (χ1n) is 14.1. The molecule has 1 aromatic carbocycles. The summed E-state index contributed by atoms with van der Waals surface area (Å²) in [7, 11) is 0. The van der Waals surface area contributed by atoms with Crippen LogP contribution >= 0.6 is 11.3 Å². The molecular formula is C30H35FN8O3S. The number of rotatable bonds is 7. The molecule has 1 atom stereocenters. The quantitative estimate of drug-likeness (QED) is 0.313. The number of carbonyl (C=O) groups excluding carboxylic acids is 2. The molecule has 2 aliphatic rings. The van der Waals surface area contributed by atoms with Gasteiger partial charge >= 0.3 is 12.1 Å². The van der Waals surface area contributed by atoms with E-state index in [4.69, 9.17) is 15.6 Å². The Morgan fingerprint density at radius 1 is 1.30 bits per heavy atom. The van der Waals surface area contributed by atoms with Crippen LogP contribution in [0.4, 0.5) is 19.1 Å². The van der Waals surface area contributed by atoms with Crippen LogP contribution in [0.25, 0.3) is 21.8 Å². The van der Waals surface area contributed by atoms with E-state index < -0.39 is 17.4 Å². The number of nitrogens with one attached hydrogen (secondary N) is 2. The summed E-state index contributed by atoms with van der Waals surface area (Å²) in [6.07, 6.45) is 6.79. The van der Waals surface area contributed by atoms with Crippen molar-refractivity contribution >= 4 is 40.4 Å². The number of carbonyl (C=O) groups is 2. The van der Waals surface area contributed by atoms with Crippen molar-refractivity contribution in [3.05, 3.63) is 66.0 Å². The van der Waals surface area contributed by atoms with Crippen molar-refractivity contribution in [2.75, 3.05) is 18.4 Å². The minimum Gasteiger partial charge on any atom is -0.444 e. The van der Waals surface area contributed by atoms with E-state index in [9.17, 15) is 9.59 Å². The smallest absolute Gasteiger partial charge is 0.410 e. The Kier molecular flexibility index (Phi) is 8.62. The number of hydrogen-bond acceptors (Lipinski definition) is 8. The molecule has 1 aliphatic heterocycles. The Bertz CT molecular complexity index is 1600. The highest BCUT2D eigenvalue weighted by atomic mass is 32.1. The molecule has 3 heterocycles. The number of allylic oxidation sites excluding steroid dienone is 1. The zero-order valence-corrected chi connectivity index (χ0v) is 25.2. The maximum atomic E-state index is 15.0. The van der Waals surface area contributed by atoms with Gasteiger partial charge < -0.3 is 20.7 Å². The number of likely N-dealkylation sites (tertiary alicyclic amines) is 1. The molecular weight excluding hydrogens is 571 g/mol. The van der Waals surface area contributed by atoms with Crippen LogP contribution in [0.2, 0.25) is 0 Å². The zero-order chi connectivity index (χ0) is 30.7. The maximum absolute atomic E-state index is 15.0. The fourth-order valence-electron chi connectivity index (χ4n) is 5.23. The molecule has 3 aromatic rings. The molecule has 0 spiro atoms. The lowest BCUT2D eigenvalue weighted by atomic mass is 9.95. The van der Waals surface area contributed by atoms with Gasteiger partial charge in [-0.25, -0.2) is 23.6 Å². The molecule has 1 saturated heterocycles. The molecule has 5 rings (SSSR count). The Morgan fingerprint density at radius 3 is 2.81 bits per heavy atom. The Morgan fingerprint density at radius 2 is 2.09 bits per heavy atom. The van der Waals surface area contributed by atoms with Gasteiger partial charge in [-0.1, -0.05) is 30.0 Å². The molecule has 43 heavy (non-hydrogen) atoms. The van der Waals surface area contributed by atoms with Crippen molar-refractivity contribution in [1.29, 1.82) is 0 Å². The van der Waals surface area contributed by atoms with Gasteiger partial charge in [0, 0.05) is 42.8 Å². The van der Waals surface area contributed by atoms with Crippen LogP contribution in [0.5, 0.6) is 0 Å². The summed E-state index contributed by atoms with van der Waals surface area (Å²) in [5.74, 6) is -0.431. The summed E-state index contributed by atoms with van der Waals surface area (Å²) in [4.78, 5) is 36.7. The number of nitrogens with two attached hydrogens (primary N) is 1. The number of anilines is 1. The summed E-state index contributed by atoms with van der Waals surface area (Å²) in [5, 5.41) is 10.9. The number of aromatic nitrogens is 3. The predicted octanol–water partition coefficient (Wildman–Crippen LogP) is 5.27. The molecule has 4 N–H and O–H groups in total. The molecule has 3 amide bonds. The third kappa shape index (κ3) is 6.46. The largest absolute Gasteiger partial charge is 0.444 e. The third-order valence-corrected chi connectivity index (χ3v) is 8.10. The summed E-state index contributed by atoms with van der Waals surface area (Å²) < 4.78 is 22.1. The van der Waals surface area contributed by atoms with Gasteiger partial charge in [-0.15, -0.1) is 0 Å². The van der Waals surface area contributed by atoms with Crippen LogP contribution in [0.15, 0.2) is 48.2 Å². The molecule has 226 valence electrons. The molecule has 2 aromatic heterocycles. The second-order valence-electron chi connectivity index (χ2n) is 11.2. The molecule has 1 fully saturated rings. The average Bonchev–Trinajstić information content (AvgIpc) is 3.68. The average molecular weight is 607 g/mol. The van der Waals surface area contributed by atoms with Gasteiger partial charge in [0.25, 0.3) is 0 Å². The van der Waals surface area contributed by atoms with Crippen LogP contribution in [0.1, 0.15) is 50.6 Å². The second-order valence-corrected chi connectivity index (χ2v) is 12.2. The fraction of sp³-hybridized carbons (Fsp3) is 0.367. The molecule has 13 heteroatoms. The Labute approximate surface area is 253 Å². The Balaban J connectivity index is 1.38. The van der Waals surface area contributed by atoms with Crippen molar-refractivity contribution in [1.82, 2.24) is 25.0 Å². The minimum absolute atomic E-state index is 0.157. The van der Waals surface area contributed by atoms with E-state index in [1.54, 1.807) is 34.0 Å². The van der Waals surface area contributed by atoms with Crippen LogP contribution in [0, 0.1) is 5.82 Å². The number of fused-ring (bicyclic) bond motifs is 3. The number of nitrogens with zero attached hydrogens (tertiary/aromatic N) is 5. The van der Waals surface area contributed by atoms with Crippen LogP contribution in [-0.2, 0) is 17.6 Å². The molecule has 0 radical (unpaired) electrons. The monoisotopic (exact) mass is 606 g/mol. The van der Waals surface area contributed by atoms with Crippen molar-refractivity contribution < 1.29 is 18.7 Å². The fourth-order valence-corrected chi connectivity index (χ4v) is 6.29. The van der Waals surface area contributed by atoms with Gasteiger partial charge in [0.15, 0.2) is 5.13 Å². The van der Waals surface area contributed by atoms with Gasteiger partial charge in [-0.05, 0) is 58.6 Å². The third-order valence-electron chi connectivity index (χ3n) is 7.08. The number of ether oxygens (including phenoxy) is 1. The predicted molar refractivity (Wildman–Crippen MR) is 166 cm³/mol. The van der Waals surface area contributed by atoms with Crippen LogP contribution in [-0.4, -0.2) is 62.7 Å². The standard InChI is InChI=1S/C30H35FN8O3S/c1-5-33-16-18(15-32)24-20-12-13-22-26(25(20)39(37-24)23-11-7-6-10-21(23)31)43-28(35-22)36-27(40)34-17-19-9-8-14-38(19)29(41)42-30(2,3)4/h5-7,10-11,15-16,19H,1,8-9,12-14,17,32H2,2-4H3,(H2,34,35,36,40)/b18-15+,33-16?/t19-/m0/s1. The topological polar surface area (TPSA) is 140 Å². The number of benzene rings is 1. The van der Waals surface area contributed by atoms with Gasteiger partial charge in [0.1, 0.15) is 17.1 Å². The summed E-state index contributed by atoms with van der Waals surface area (Å²) in [6, 6.07) is 5.81. The number of halogens is 1. The second kappa shape index (κ2) is 12.4. The number of hydrogen-bond donors (Lipinski definition) is 3. The summed E-state index contributed by atoms with van der Waals surface area (Å²) in [5.41, 5.74) is 9.13. The van der Waals surface area contributed by atoms with Gasteiger partial charge in [-0.2, -0.15) is 5.10 Å². The zero-order valence-electron chi connectivity index (χ0n) is 24.4. The molecule has 0 bridgehead atoms. The number of thiazole rings is 1. The van der Waals surface area contributed by atoms with Gasteiger partial charge in [0.2, 0.25) is 0 Å². The number of para-hydroxylation sites is 1. The van der Waals surface area contributed by atoms with E-state index in [0.29, 0.717) is 41.5 Å². The lowest BCUT2D eigenvalue weighted by molar-refractivity contribution is 0.0228. The van der Waals surface area contributed by atoms with E-state index in [-0.39, 0.29) is 24.4 Å². The van der Waals surface area contributed by atoms with Gasteiger partial charge in [-0.3, -0.25) is 10.3 Å². The van der Waals surface area contributed by atoms with E-state index in [1.165, 1.54) is 29.8 Å². The lowest BCUT2D eigenvalue weighted by Gasteiger charge is -2.28. The minimum atomic E-state index is -0.595. The van der Waals surface area contributed by atoms with Crippen molar-refractivity contribution in [2.45, 2.75) is 58.1 Å². The van der Waals surface area contributed by atoms with E-state index in [2.05, 4.69) is 27.2 Å². The van der Waals surface area contributed by atoms with E-state index in [1.807, 2.05) is 20.8 Å². The SMILES string of the molecule is C=CN=C/C(=C\N)c1nn(-c2ccccc2F)c2c1CCc1nc(NC(=O)NC[C@@H]3CCCN3C(=O)OC(C)(C)C)sc1-2. The molecule has 0 saturated carbocycles. The molecule has 0 unspecified atom stereocenters. The highest BCUT2D eigenvalue weighted by Gasteiger charge is 2.33. The number of aliphatic imine (C=N–C) groups is 1. The van der Waals surface area contributed by atoms with Gasteiger partial charge in [0.05, 0.1) is 28.0 Å². The number of aryl methyl sites for hydroxylation is 1. The first-order chi connectivity index (χ1) is 20.6. The molecule has 11 nitrogen and oxygen atoms in total. The first kappa shape index (κ1) is 30.0. The highest BCUT2D eigenvalue weighted by molar-refractivity contribution is 7.19. The Hall–Kier alpha value is -4.52. The van der Waals surface area contributed by atoms with Crippen molar-refractivity contribution in [2.24, 2.45) is 10.7 Å². The van der Waals surface area contributed by atoms with E-state index >= 15 is 4.39 Å². The summed E-state index contributed by atoms with van der Waals surface area (Å²) >= 11 is 1.29. The first-order valence-corrected chi connectivity index (χ1v) is 14.9. The molecule has 1 aliphatic carbocycles. The van der Waals surface area contributed by atoms with Crippen LogP contribution in [0.3, 0.4) is 0 Å². The highest BCUT2D eigenvalue weighted by Crippen LogP contribution is 2.43. The van der Waals surface area contributed by atoms with Crippen LogP contribution < -0.4 is 16.4 Å². The maximum Gasteiger partial charge on any atom is 0.410 e. The normalized spacial score (nSPS) is 16.6.